The quantitative estimate of drug-likeness (QED) is 0.777. The Balaban J connectivity index is 2.88. The van der Waals surface area contributed by atoms with Crippen LogP contribution in [0.3, 0.4) is 0 Å². The third kappa shape index (κ3) is 3.80. The molecule has 6 nitrogen and oxygen atoms in total. The van der Waals surface area contributed by atoms with Gasteiger partial charge in [0.2, 0.25) is 0 Å². The van der Waals surface area contributed by atoms with Crippen LogP contribution in [0.1, 0.15) is 34.1 Å². The maximum absolute atomic E-state index is 11.9. The Labute approximate surface area is 110 Å². The molecule has 6 heteroatoms. The number of rotatable bonds is 5. The van der Waals surface area contributed by atoms with E-state index in [-0.39, 0.29) is 17.5 Å². The van der Waals surface area contributed by atoms with Crippen LogP contribution < -0.4 is 5.32 Å². The molecule has 0 saturated heterocycles. The molecule has 1 rings (SSSR count). The van der Waals surface area contributed by atoms with E-state index in [1.807, 2.05) is 0 Å². The molecule has 0 radical (unpaired) electrons. The standard InChI is InChI=1S/C13H15NO5/c1-3-10(12(16)17)14-11(15)8-5-4-6-9(7-8)13(18)19-2/h4-7,10H,3H2,1-2H3,(H,14,15)(H,16,17). The Bertz CT molecular complexity index is 498. The number of esters is 1. The van der Waals surface area contributed by atoms with Gasteiger partial charge in [-0.1, -0.05) is 13.0 Å². The number of aliphatic carboxylic acids is 1. The molecule has 102 valence electrons. The van der Waals surface area contributed by atoms with E-state index in [0.29, 0.717) is 0 Å². The molecule has 1 aromatic rings. The van der Waals surface area contributed by atoms with Crippen molar-refractivity contribution in [2.45, 2.75) is 19.4 Å². The van der Waals surface area contributed by atoms with E-state index in [1.165, 1.54) is 31.4 Å². The number of benzene rings is 1. The Morgan fingerprint density at radius 3 is 2.47 bits per heavy atom. The van der Waals surface area contributed by atoms with Gasteiger partial charge in [0, 0.05) is 5.56 Å². The monoisotopic (exact) mass is 265 g/mol. The molecule has 1 amide bonds. The minimum atomic E-state index is -1.10. The second-order valence-corrected chi connectivity index (χ2v) is 3.84. The van der Waals surface area contributed by atoms with Gasteiger partial charge in [0.15, 0.2) is 0 Å². The van der Waals surface area contributed by atoms with Crippen LogP contribution in [0.4, 0.5) is 0 Å². The summed E-state index contributed by atoms with van der Waals surface area (Å²) in [6.45, 7) is 1.66. The third-order valence-electron chi connectivity index (χ3n) is 2.56. The fourth-order valence-electron chi connectivity index (χ4n) is 1.49. The van der Waals surface area contributed by atoms with Crippen LogP contribution in [0.2, 0.25) is 0 Å². The molecule has 2 N–H and O–H groups in total. The highest BCUT2D eigenvalue weighted by Crippen LogP contribution is 2.07. The number of carbonyl (C=O) groups is 3. The first-order chi connectivity index (χ1) is 8.99. The zero-order valence-corrected chi connectivity index (χ0v) is 10.7. The van der Waals surface area contributed by atoms with Gasteiger partial charge in [0.25, 0.3) is 5.91 Å². The summed E-state index contributed by atoms with van der Waals surface area (Å²) in [5.74, 6) is -2.19. The van der Waals surface area contributed by atoms with E-state index in [1.54, 1.807) is 6.92 Å². The van der Waals surface area contributed by atoms with Crippen LogP contribution in [0, 0.1) is 0 Å². The molecule has 0 spiro atoms. The van der Waals surface area contributed by atoms with Gasteiger partial charge in [-0.3, -0.25) is 4.79 Å². The molecule has 0 aliphatic carbocycles. The van der Waals surface area contributed by atoms with Crippen molar-refractivity contribution in [2.24, 2.45) is 0 Å². The maximum Gasteiger partial charge on any atom is 0.337 e. The number of hydrogen-bond donors (Lipinski definition) is 2. The number of nitrogens with one attached hydrogen (secondary N) is 1. The fourth-order valence-corrected chi connectivity index (χ4v) is 1.49. The van der Waals surface area contributed by atoms with Gasteiger partial charge >= 0.3 is 11.9 Å². The van der Waals surface area contributed by atoms with Crippen molar-refractivity contribution >= 4 is 17.8 Å². The second-order valence-electron chi connectivity index (χ2n) is 3.84. The van der Waals surface area contributed by atoms with E-state index in [9.17, 15) is 14.4 Å². The number of hydrogen-bond acceptors (Lipinski definition) is 4. The number of carbonyl (C=O) groups excluding carboxylic acids is 2. The fraction of sp³-hybridized carbons (Fsp3) is 0.308. The highest BCUT2D eigenvalue weighted by atomic mass is 16.5. The molecule has 0 saturated carbocycles. The van der Waals surface area contributed by atoms with Gasteiger partial charge < -0.3 is 15.2 Å². The highest BCUT2D eigenvalue weighted by Gasteiger charge is 2.19. The Morgan fingerprint density at radius 2 is 1.95 bits per heavy atom. The molecule has 19 heavy (non-hydrogen) atoms. The highest BCUT2D eigenvalue weighted by molar-refractivity contribution is 5.99. The number of carboxylic acid groups (broad SMARTS) is 1. The average Bonchev–Trinajstić information content (AvgIpc) is 2.43. The van der Waals surface area contributed by atoms with Gasteiger partial charge in [-0.05, 0) is 24.6 Å². The van der Waals surface area contributed by atoms with E-state index in [2.05, 4.69) is 10.1 Å². The largest absolute Gasteiger partial charge is 0.480 e. The van der Waals surface area contributed by atoms with Crippen LogP contribution in [-0.2, 0) is 9.53 Å². The van der Waals surface area contributed by atoms with Gasteiger partial charge in [-0.15, -0.1) is 0 Å². The van der Waals surface area contributed by atoms with Crippen molar-refractivity contribution in [3.05, 3.63) is 35.4 Å². The minimum Gasteiger partial charge on any atom is -0.480 e. The number of ether oxygens (including phenoxy) is 1. The van der Waals surface area contributed by atoms with Crippen LogP contribution in [0.5, 0.6) is 0 Å². The van der Waals surface area contributed by atoms with Gasteiger partial charge in [0.1, 0.15) is 6.04 Å². The summed E-state index contributed by atoms with van der Waals surface area (Å²) < 4.78 is 4.55. The van der Waals surface area contributed by atoms with E-state index in [0.717, 1.165) is 0 Å². The minimum absolute atomic E-state index is 0.211. The smallest absolute Gasteiger partial charge is 0.337 e. The van der Waals surface area contributed by atoms with Crippen LogP contribution in [-0.4, -0.2) is 36.1 Å². The van der Waals surface area contributed by atoms with Crippen LogP contribution in [0.25, 0.3) is 0 Å². The number of methoxy groups -OCH3 is 1. The topological polar surface area (TPSA) is 92.7 Å². The zero-order chi connectivity index (χ0) is 14.4. The van der Waals surface area contributed by atoms with Gasteiger partial charge in [-0.2, -0.15) is 0 Å². The van der Waals surface area contributed by atoms with Crippen molar-refractivity contribution in [3.8, 4) is 0 Å². The molecular formula is C13H15NO5. The Morgan fingerprint density at radius 1 is 1.32 bits per heavy atom. The van der Waals surface area contributed by atoms with Crippen molar-refractivity contribution in [2.75, 3.05) is 7.11 Å². The molecule has 1 atom stereocenters. The molecular weight excluding hydrogens is 250 g/mol. The van der Waals surface area contributed by atoms with Crippen molar-refractivity contribution < 1.29 is 24.2 Å². The number of amides is 1. The summed E-state index contributed by atoms with van der Waals surface area (Å²) in [5.41, 5.74) is 0.445. The summed E-state index contributed by atoms with van der Waals surface area (Å²) in [6.07, 6.45) is 0.276. The van der Waals surface area contributed by atoms with Crippen molar-refractivity contribution in [1.82, 2.24) is 5.32 Å². The SMILES string of the molecule is CCC(NC(=O)c1cccc(C(=O)OC)c1)C(=O)O. The molecule has 1 aromatic carbocycles. The first kappa shape index (κ1) is 14.7. The van der Waals surface area contributed by atoms with Gasteiger partial charge in [0.05, 0.1) is 12.7 Å². The maximum atomic E-state index is 11.9. The predicted octanol–water partition coefficient (Wildman–Crippen LogP) is 1.07. The molecule has 0 aliphatic heterocycles. The lowest BCUT2D eigenvalue weighted by molar-refractivity contribution is -0.139. The average molecular weight is 265 g/mol. The van der Waals surface area contributed by atoms with Gasteiger partial charge in [-0.25, -0.2) is 9.59 Å². The molecule has 0 aromatic heterocycles. The first-order valence-electron chi connectivity index (χ1n) is 5.71. The Hall–Kier alpha value is -2.37. The molecule has 0 heterocycles. The lowest BCUT2D eigenvalue weighted by atomic mass is 10.1. The summed E-state index contributed by atoms with van der Waals surface area (Å²) >= 11 is 0. The Kier molecular flexibility index (Phi) is 5.05. The summed E-state index contributed by atoms with van der Waals surface area (Å²) in [5, 5.41) is 11.2. The van der Waals surface area contributed by atoms with Crippen molar-refractivity contribution in [3.63, 3.8) is 0 Å². The third-order valence-corrected chi connectivity index (χ3v) is 2.56. The summed E-state index contributed by atoms with van der Waals surface area (Å²) in [6, 6.07) is 4.95. The molecule has 0 fully saturated rings. The number of carboxylic acids is 1. The lowest BCUT2D eigenvalue weighted by Gasteiger charge is -2.12. The molecule has 0 aliphatic rings. The first-order valence-corrected chi connectivity index (χ1v) is 5.71. The summed E-state index contributed by atoms with van der Waals surface area (Å²) in [7, 11) is 1.24. The predicted molar refractivity (Wildman–Crippen MR) is 67.0 cm³/mol. The van der Waals surface area contributed by atoms with Crippen molar-refractivity contribution in [1.29, 1.82) is 0 Å². The van der Waals surface area contributed by atoms with E-state index in [4.69, 9.17) is 5.11 Å². The van der Waals surface area contributed by atoms with Crippen LogP contribution in [0.15, 0.2) is 24.3 Å². The van der Waals surface area contributed by atoms with E-state index >= 15 is 0 Å². The molecule has 0 bridgehead atoms. The summed E-state index contributed by atoms with van der Waals surface area (Å²) in [4.78, 5) is 34.0. The van der Waals surface area contributed by atoms with E-state index < -0.39 is 23.9 Å². The lowest BCUT2D eigenvalue weighted by Crippen LogP contribution is -2.40. The molecule has 1 unspecified atom stereocenters. The normalized spacial score (nSPS) is 11.5. The zero-order valence-electron chi connectivity index (χ0n) is 10.7. The van der Waals surface area contributed by atoms with Crippen LogP contribution >= 0.6 is 0 Å². The second kappa shape index (κ2) is 6.53.